The van der Waals surface area contributed by atoms with Crippen LogP contribution in [0.3, 0.4) is 0 Å². The zero-order chi connectivity index (χ0) is 23.8. The normalized spacial score (nSPS) is 15.9. The van der Waals surface area contributed by atoms with Crippen LogP contribution in [-0.2, 0) is 9.53 Å². The second kappa shape index (κ2) is 9.04. The summed E-state index contributed by atoms with van der Waals surface area (Å²) in [5.41, 5.74) is 4.54. The van der Waals surface area contributed by atoms with Crippen molar-refractivity contribution in [3.05, 3.63) is 107 Å². The molecule has 0 spiro atoms. The van der Waals surface area contributed by atoms with E-state index in [-0.39, 0.29) is 12.2 Å². The van der Waals surface area contributed by atoms with Gasteiger partial charge in [0.1, 0.15) is 6.04 Å². The highest BCUT2D eigenvalue weighted by Crippen LogP contribution is 2.36. The first-order valence-electron chi connectivity index (χ1n) is 11.0. The maximum atomic E-state index is 13.7. The summed E-state index contributed by atoms with van der Waals surface area (Å²) in [4.78, 5) is 36.6. The van der Waals surface area contributed by atoms with Crippen LogP contribution in [0.25, 0.3) is 11.8 Å². The van der Waals surface area contributed by atoms with Gasteiger partial charge in [0.05, 0.1) is 22.4 Å². The van der Waals surface area contributed by atoms with Crippen LogP contribution in [0.2, 0.25) is 0 Å². The lowest BCUT2D eigenvalue weighted by Crippen LogP contribution is -2.39. The van der Waals surface area contributed by atoms with E-state index >= 15 is 0 Å². The van der Waals surface area contributed by atoms with Crippen LogP contribution in [-0.4, -0.2) is 22.1 Å². The van der Waals surface area contributed by atoms with Crippen molar-refractivity contribution in [1.82, 2.24) is 9.55 Å². The third-order valence-corrected chi connectivity index (χ3v) is 7.57. The summed E-state index contributed by atoms with van der Waals surface area (Å²) in [6.45, 7) is 5.98. The fourth-order valence-corrected chi connectivity index (χ4v) is 6.01. The van der Waals surface area contributed by atoms with Crippen LogP contribution in [0.5, 0.6) is 0 Å². The number of aromatic nitrogens is 2. The summed E-state index contributed by atoms with van der Waals surface area (Å²) in [5, 5.41) is 1.95. The molecule has 0 aliphatic carbocycles. The number of nitrogens with zero attached hydrogens (tertiary/aromatic N) is 2. The molecular weight excluding hydrogens is 466 g/mol. The molecule has 0 fully saturated rings. The highest BCUT2D eigenvalue weighted by Gasteiger charge is 2.35. The van der Waals surface area contributed by atoms with Crippen molar-refractivity contribution in [3.8, 4) is 0 Å². The van der Waals surface area contributed by atoms with Crippen LogP contribution < -0.4 is 14.9 Å². The monoisotopic (exact) mass is 489 g/mol. The van der Waals surface area contributed by atoms with E-state index in [1.807, 2.05) is 73.8 Å². The minimum absolute atomic E-state index is 0.172. The van der Waals surface area contributed by atoms with Gasteiger partial charge in [0.15, 0.2) is 4.80 Å². The largest absolute Gasteiger partial charge is 0.463 e. The summed E-state index contributed by atoms with van der Waals surface area (Å²) in [6, 6.07) is 14.9. The van der Waals surface area contributed by atoms with Crippen molar-refractivity contribution in [2.24, 2.45) is 4.99 Å². The number of aryl methyl sites for hydroxylation is 2. The van der Waals surface area contributed by atoms with E-state index in [1.165, 1.54) is 22.7 Å². The van der Waals surface area contributed by atoms with Gasteiger partial charge in [0.25, 0.3) is 5.56 Å². The number of esters is 1. The number of fused-ring (bicyclic) bond motifs is 1. The molecule has 0 bridgehead atoms. The minimum Gasteiger partial charge on any atom is -0.463 e. The van der Waals surface area contributed by atoms with Gasteiger partial charge in [0, 0.05) is 21.8 Å². The van der Waals surface area contributed by atoms with Crippen molar-refractivity contribution in [3.63, 3.8) is 0 Å². The van der Waals surface area contributed by atoms with Crippen molar-refractivity contribution in [2.45, 2.75) is 26.8 Å². The van der Waals surface area contributed by atoms with Gasteiger partial charge >= 0.3 is 5.97 Å². The molecule has 5 rings (SSSR count). The average Bonchev–Trinajstić information content (AvgIpc) is 3.54. The van der Waals surface area contributed by atoms with Gasteiger partial charge in [-0.05, 0) is 49.9 Å². The number of H-pyrrole nitrogens is 1. The fourth-order valence-electron chi connectivity index (χ4n) is 4.19. The Morgan fingerprint density at radius 1 is 1.21 bits per heavy atom. The van der Waals surface area contributed by atoms with Crippen molar-refractivity contribution >= 4 is 40.4 Å². The Morgan fingerprint density at radius 2 is 2.00 bits per heavy atom. The first-order valence-corrected chi connectivity index (χ1v) is 12.7. The molecule has 1 aliphatic heterocycles. The number of carbonyl (C=O) groups is 1. The molecule has 1 aliphatic rings. The van der Waals surface area contributed by atoms with Crippen LogP contribution >= 0.6 is 22.7 Å². The van der Waals surface area contributed by atoms with Crippen molar-refractivity contribution < 1.29 is 9.53 Å². The molecule has 1 aromatic carbocycles. The van der Waals surface area contributed by atoms with E-state index < -0.39 is 12.0 Å². The molecule has 4 heterocycles. The second-order valence-electron chi connectivity index (χ2n) is 7.98. The first kappa shape index (κ1) is 22.3. The van der Waals surface area contributed by atoms with Gasteiger partial charge in [-0.1, -0.05) is 47.7 Å². The van der Waals surface area contributed by atoms with Crippen molar-refractivity contribution in [1.29, 1.82) is 0 Å². The van der Waals surface area contributed by atoms with Crippen LogP contribution in [0, 0.1) is 13.8 Å². The molecule has 1 N–H and O–H groups in total. The number of rotatable bonds is 5. The van der Waals surface area contributed by atoms with Gasteiger partial charge in [-0.2, -0.15) is 0 Å². The molecule has 4 aromatic rings. The standard InChI is InChI=1S/C26H23N3O3S2/c1-4-32-25(31)21-22(17-9-6-5-7-10-17)28-26-29(23(21)19-11-8-12-33-19)24(30)20(34-26)14-18-13-15(2)27-16(18)3/h5-14,23,27H,4H2,1-3H3/b20-14-/t23-/m1/s1. The summed E-state index contributed by atoms with van der Waals surface area (Å²) < 4.78 is 7.67. The smallest absolute Gasteiger partial charge is 0.338 e. The molecule has 0 amide bonds. The predicted molar refractivity (Wildman–Crippen MR) is 136 cm³/mol. The molecule has 6 nitrogen and oxygen atoms in total. The number of aromatic amines is 1. The lowest BCUT2D eigenvalue weighted by molar-refractivity contribution is -0.138. The molecule has 0 unspecified atom stereocenters. The molecular formula is C26H23N3O3S2. The zero-order valence-corrected chi connectivity index (χ0v) is 20.6. The van der Waals surface area contributed by atoms with Gasteiger partial charge < -0.3 is 9.72 Å². The van der Waals surface area contributed by atoms with Gasteiger partial charge in [-0.25, -0.2) is 9.79 Å². The maximum Gasteiger partial charge on any atom is 0.338 e. The number of carbonyl (C=O) groups excluding carboxylic acids is 1. The summed E-state index contributed by atoms with van der Waals surface area (Å²) >= 11 is 2.84. The maximum absolute atomic E-state index is 13.7. The Morgan fingerprint density at radius 3 is 2.65 bits per heavy atom. The number of thiazole rings is 1. The molecule has 1 atom stereocenters. The lowest BCUT2D eigenvalue weighted by atomic mass is 9.97. The van der Waals surface area contributed by atoms with E-state index in [2.05, 4.69) is 4.98 Å². The van der Waals surface area contributed by atoms with Crippen LogP contribution in [0.4, 0.5) is 0 Å². The quantitative estimate of drug-likeness (QED) is 0.432. The van der Waals surface area contributed by atoms with E-state index in [4.69, 9.17) is 9.73 Å². The molecule has 172 valence electrons. The summed E-state index contributed by atoms with van der Waals surface area (Å²) in [6.07, 6.45) is 1.89. The Labute approximate surface area is 204 Å². The molecule has 0 saturated heterocycles. The number of thiophene rings is 1. The van der Waals surface area contributed by atoms with Crippen LogP contribution in [0.15, 0.2) is 69.3 Å². The molecule has 3 aromatic heterocycles. The van der Waals surface area contributed by atoms with Gasteiger partial charge in [0.2, 0.25) is 0 Å². The molecule has 34 heavy (non-hydrogen) atoms. The molecule has 0 radical (unpaired) electrons. The topological polar surface area (TPSA) is 76.4 Å². The second-order valence-corrected chi connectivity index (χ2v) is 9.97. The van der Waals surface area contributed by atoms with E-state index in [9.17, 15) is 9.59 Å². The molecule has 8 heteroatoms. The van der Waals surface area contributed by atoms with Gasteiger partial charge in [-0.15, -0.1) is 11.3 Å². The van der Waals surface area contributed by atoms with Crippen molar-refractivity contribution in [2.75, 3.05) is 6.61 Å². The van der Waals surface area contributed by atoms with E-state index in [1.54, 1.807) is 11.5 Å². The average molecular weight is 490 g/mol. The number of hydrogen-bond acceptors (Lipinski definition) is 6. The predicted octanol–water partition coefficient (Wildman–Crippen LogP) is 3.94. The summed E-state index contributed by atoms with van der Waals surface area (Å²) in [5.74, 6) is -0.463. The highest BCUT2D eigenvalue weighted by molar-refractivity contribution is 7.10. The van der Waals surface area contributed by atoms with Gasteiger partial charge in [-0.3, -0.25) is 9.36 Å². The first-order chi connectivity index (χ1) is 16.5. The number of nitrogens with one attached hydrogen (secondary N) is 1. The fraction of sp³-hybridized carbons (Fsp3) is 0.192. The minimum atomic E-state index is -0.610. The van der Waals surface area contributed by atoms with E-state index in [0.29, 0.717) is 20.6 Å². The lowest BCUT2D eigenvalue weighted by Gasteiger charge is -2.24. The summed E-state index contributed by atoms with van der Waals surface area (Å²) in [7, 11) is 0. The third kappa shape index (κ3) is 3.89. The highest BCUT2D eigenvalue weighted by atomic mass is 32.1. The Balaban J connectivity index is 1.83. The molecule has 0 saturated carbocycles. The number of ether oxygens (including phenoxy) is 1. The van der Waals surface area contributed by atoms with Crippen LogP contribution in [0.1, 0.15) is 40.4 Å². The SMILES string of the molecule is CCOC(=O)C1=C(c2ccccc2)N=c2s/c(=C\c3cc(C)[nH]c3C)c(=O)n2[C@@H]1c1cccs1. The Hall–Kier alpha value is -3.49. The Bertz CT molecular complexity index is 1570. The number of hydrogen-bond donors (Lipinski definition) is 1. The number of benzene rings is 1. The Kier molecular flexibility index (Phi) is 5.93. The van der Waals surface area contributed by atoms with E-state index in [0.717, 1.165) is 27.4 Å². The third-order valence-electron chi connectivity index (χ3n) is 5.66. The zero-order valence-electron chi connectivity index (χ0n) is 19.0.